The molecule has 5 nitrogen and oxygen atoms in total. The molecule has 0 atom stereocenters. The van der Waals surface area contributed by atoms with Crippen LogP contribution in [0.1, 0.15) is 58.3 Å². The summed E-state index contributed by atoms with van der Waals surface area (Å²) < 4.78 is 2.09. The zero-order valence-electron chi connectivity index (χ0n) is 16.9. The Bertz CT molecular complexity index is 704. The Morgan fingerprint density at radius 1 is 0.621 bits per heavy atom. The molecule has 2 aromatic rings. The molecule has 4 N–H and O–H groups in total. The van der Waals surface area contributed by atoms with Gasteiger partial charge in [-0.3, -0.25) is 0 Å². The first kappa shape index (κ1) is 23.6. The maximum absolute atomic E-state index is 9.75. The van der Waals surface area contributed by atoms with Gasteiger partial charge < -0.3 is 20.4 Å². The molecule has 0 heterocycles. The molecule has 2 rings (SSSR count). The van der Waals surface area contributed by atoms with E-state index in [1.54, 1.807) is 12.1 Å². The molecule has 7 heteroatoms. The minimum atomic E-state index is -0.144. The van der Waals surface area contributed by atoms with Gasteiger partial charge >= 0.3 is 0 Å². The first-order valence-electron chi connectivity index (χ1n) is 10.2. The number of phenolic OH excluding ortho intramolecular Hbond substituents is 4. The van der Waals surface area contributed by atoms with E-state index in [0.717, 1.165) is 29.2 Å². The van der Waals surface area contributed by atoms with Crippen molar-refractivity contribution in [3.63, 3.8) is 0 Å². The fraction of sp³-hybridized carbons (Fsp3) is 0.455. The second-order valence-electron chi connectivity index (χ2n) is 7.01. The van der Waals surface area contributed by atoms with Crippen LogP contribution in [0, 0.1) is 0 Å². The molecule has 0 bridgehead atoms. The summed E-state index contributed by atoms with van der Waals surface area (Å²) in [7, 11) is 0. The van der Waals surface area contributed by atoms with Gasteiger partial charge in [0.05, 0.1) is 0 Å². The number of hydrogen-bond acceptors (Lipinski definition) is 7. The topological polar surface area (TPSA) is 84.2 Å². The van der Waals surface area contributed by atoms with Crippen LogP contribution >= 0.6 is 23.9 Å². The highest BCUT2D eigenvalue weighted by Gasteiger charge is 2.12. The molecule has 0 radical (unpaired) electrons. The molecular weight excluding hydrogens is 406 g/mol. The predicted octanol–water partition coefficient (Wildman–Crippen LogP) is 6.67. The van der Waals surface area contributed by atoms with E-state index in [1.807, 2.05) is 0 Å². The van der Waals surface area contributed by atoms with E-state index in [1.165, 1.54) is 86.7 Å². The van der Waals surface area contributed by atoms with Crippen molar-refractivity contribution < 1.29 is 20.4 Å². The van der Waals surface area contributed by atoms with Crippen LogP contribution in [-0.2, 0) is 0 Å². The minimum Gasteiger partial charge on any atom is -0.504 e. The predicted molar refractivity (Wildman–Crippen MR) is 121 cm³/mol. The van der Waals surface area contributed by atoms with Crippen molar-refractivity contribution in [2.45, 2.75) is 68.1 Å². The molecule has 0 saturated heterocycles. The van der Waals surface area contributed by atoms with Crippen LogP contribution in [0.5, 0.6) is 23.0 Å². The average molecular weight is 438 g/mol. The van der Waals surface area contributed by atoms with Crippen LogP contribution in [0.3, 0.4) is 0 Å². The SMILES string of the molecule is CCCCCCCCCCN(Sc1ccc(O)c(O)c1)Sc1ccc(O)c(O)c1. The van der Waals surface area contributed by atoms with E-state index in [2.05, 4.69) is 10.6 Å². The molecule has 0 saturated carbocycles. The maximum atomic E-state index is 9.75. The van der Waals surface area contributed by atoms with Crippen molar-refractivity contribution in [3.8, 4) is 23.0 Å². The van der Waals surface area contributed by atoms with Crippen LogP contribution in [0.2, 0.25) is 0 Å². The van der Waals surface area contributed by atoms with E-state index >= 15 is 0 Å². The van der Waals surface area contributed by atoms with E-state index in [4.69, 9.17) is 0 Å². The van der Waals surface area contributed by atoms with Crippen molar-refractivity contribution >= 4 is 23.9 Å². The summed E-state index contributed by atoms with van der Waals surface area (Å²) in [4.78, 5) is 1.63. The van der Waals surface area contributed by atoms with Gasteiger partial charge in [-0.1, -0.05) is 51.9 Å². The molecule has 0 aliphatic heterocycles. The third kappa shape index (κ3) is 8.68. The van der Waals surface area contributed by atoms with Gasteiger partial charge in [0.25, 0.3) is 0 Å². The molecule has 160 valence electrons. The Hall–Kier alpha value is -1.70. The van der Waals surface area contributed by atoms with Gasteiger partial charge in [0.2, 0.25) is 0 Å². The lowest BCUT2D eigenvalue weighted by molar-refractivity contribution is 0.402. The first-order chi connectivity index (χ1) is 14.0. The number of hydrogen-bond donors (Lipinski definition) is 4. The summed E-state index contributed by atoms with van der Waals surface area (Å²) in [5.41, 5.74) is 0. The Labute approximate surface area is 182 Å². The van der Waals surface area contributed by atoms with Crippen LogP contribution in [0.15, 0.2) is 46.2 Å². The van der Waals surface area contributed by atoms with Crippen LogP contribution in [0.25, 0.3) is 0 Å². The van der Waals surface area contributed by atoms with Crippen molar-refractivity contribution in [2.24, 2.45) is 0 Å². The fourth-order valence-corrected chi connectivity index (χ4v) is 5.00. The maximum Gasteiger partial charge on any atom is 0.158 e. The summed E-state index contributed by atoms with van der Waals surface area (Å²) in [5.74, 6) is -0.566. The highest BCUT2D eigenvalue weighted by atomic mass is 32.2. The number of rotatable bonds is 13. The number of unbranched alkanes of at least 4 members (excludes halogenated alkanes) is 7. The lowest BCUT2D eigenvalue weighted by atomic mass is 10.1. The minimum absolute atomic E-state index is 0.139. The van der Waals surface area contributed by atoms with Gasteiger partial charge in [-0.2, -0.15) is 3.71 Å². The number of phenols is 4. The van der Waals surface area contributed by atoms with Crippen LogP contribution in [-0.4, -0.2) is 30.7 Å². The number of aromatic hydroxyl groups is 4. The zero-order valence-corrected chi connectivity index (χ0v) is 18.5. The highest BCUT2D eigenvalue weighted by molar-refractivity contribution is 8.12. The summed E-state index contributed by atoms with van der Waals surface area (Å²) in [6.07, 6.45) is 9.92. The molecule has 0 unspecified atom stereocenters. The molecule has 29 heavy (non-hydrogen) atoms. The van der Waals surface area contributed by atoms with Gasteiger partial charge in [0.1, 0.15) is 0 Å². The highest BCUT2D eigenvalue weighted by Crippen LogP contribution is 2.39. The zero-order chi connectivity index (χ0) is 21.1. The normalized spacial score (nSPS) is 11.2. The summed E-state index contributed by atoms with van der Waals surface area (Å²) in [6.45, 7) is 3.05. The molecule has 0 amide bonds. The number of benzene rings is 2. The molecular formula is C22H31NO4S2. The Morgan fingerprint density at radius 3 is 1.52 bits per heavy atom. The van der Waals surface area contributed by atoms with Crippen molar-refractivity contribution in [3.05, 3.63) is 36.4 Å². The summed E-state index contributed by atoms with van der Waals surface area (Å²) in [6, 6.07) is 9.54. The third-order valence-electron chi connectivity index (χ3n) is 4.50. The van der Waals surface area contributed by atoms with Crippen LogP contribution in [0.4, 0.5) is 0 Å². The van der Waals surface area contributed by atoms with Crippen molar-refractivity contribution in [1.82, 2.24) is 3.71 Å². The standard InChI is InChI=1S/C22H31NO4S2/c1-2-3-4-5-6-7-8-9-14-23(28-17-10-12-19(24)21(26)15-17)29-18-11-13-20(25)22(27)16-18/h10-13,15-16,24-27H,2-9,14H2,1H3. The second kappa shape index (κ2) is 12.8. The molecule has 0 aliphatic rings. The average Bonchev–Trinajstić information content (AvgIpc) is 2.69. The van der Waals surface area contributed by atoms with E-state index in [0.29, 0.717) is 0 Å². The van der Waals surface area contributed by atoms with Gasteiger partial charge in [-0.15, -0.1) is 0 Å². The van der Waals surface area contributed by atoms with Crippen LogP contribution < -0.4 is 0 Å². The monoisotopic (exact) mass is 437 g/mol. The quantitative estimate of drug-likeness (QED) is 0.158. The summed E-state index contributed by atoms with van der Waals surface area (Å²) >= 11 is 2.94. The van der Waals surface area contributed by atoms with Gasteiger partial charge in [0, 0.05) is 16.3 Å². The van der Waals surface area contributed by atoms with Crippen molar-refractivity contribution in [1.29, 1.82) is 0 Å². The smallest absolute Gasteiger partial charge is 0.158 e. The summed E-state index contributed by atoms with van der Waals surface area (Å²) in [5, 5.41) is 38.5. The fourth-order valence-electron chi connectivity index (χ4n) is 2.84. The number of nitrogens with zero attached hydrogens (tertiary/aromatic N) is 1. The Kier molecular flexibility index (Phi) is 10.4. The Balaban J connectivity index is 1.91. The van der Waals surface area contributed by atoms with Gasteiger partial charge in [-0.25, -0.2) is 0 Å². The lowest BCUT2D eigenvalue weighted by Gasteiger charge is -2.20. The third-order valence-corrected chi connectivity index (χ3v) is 6.65. The van der Waals surface area contributed by atoms with Crippen molar-refractivity contribution in [2.75, 3.05) is 6.54 Å². The first-order valence-corrected chi connectivity index (χ1v) is 11.7. The van der Waals surface area contributed by atoms with E-state index in [-0.39, 0.29) is 23.0 Å². The molecule has 0 aromatic heterocycles. The molecule has 2 aromatic carbocycles. The van der Waals surface area contributed by atoms with Gasteiger partial charge in [-0.05, 0) is 66.7 Å². The molecule has 0 aliphatic carbocycles. The van der Waals surface area contributed by atoms with Gasteiger partial charge in [0.15, 0.2) is 23.0 Å². The lowest BCUT2D eigenvalue weighted by Crippen LogP contribution is -2.08. The van der Waals surface area contributed by atoms with E-state index in [9.17, 15) is 20.4 Å². The Morgan fingerprint density at radius 2 is 1.07 bits per heavy atom. The largest absolute Gasteiger partial charge is 0.504 e. The molecule has 0 spiro atoms. The second-order valence-corrected chi connectivity index (χ2v) is 9.44. The van der Waals surface area contributed by atoms with E-state index < -0.39 is 0 Å². The molecule has 0 fully saturated rings.